The van der Waals surface area contributed by atoms with Crippen LogP contribution in [0.1, 0.15) is 10.4 Å². The molecule has 0 amide bonds. The first-order valence-corrected chi connectivity index (χ1v) is 4.10. The number of carbonyl (C=O) groups is 1. The monoisotopic (exact) mass is 250 g/mol. The Morgan fingerprint density at radius 3 is 2.58 bits per heavy atom. The summed E-state index contributed by atoms with van der Waals surface area (Å²) < 4.78 is 0.138. The number of rotatable bonds is 1. The number of aromatic hydroxyl groups is 1. The summed E-state index contributed by atoms with van der Waals surface area (Å²) in [5, 5.41) is 17.9. The number of carboxylic acids is 1. The highest BCUT2D eigenvalue weighted by molar-refractivity contribution is 9.10. The molecule has 64 valence electrons. The lowest BCUT2D eigenvalue weighted by atomic mass is 10.2. The van der Waals surface area contributed by atoms with Gasteiger partial charge in [0.25, 0.3) is 0 Å². The van der Waals surface area contributed by atoms with E-state index in [2.05, 4.69) is 15.9 Å². The Labute approximate surface area is 81.7 Å². The van der Waals surface area contributed by atoms with E-state index in [1.807, 2.05) is 0 Å². The minimum atomic E-state index is -1.14. The molecule has 0 spiro atoms. The molecule has 0 atom stereocenters. The lowest BCUT2D eigenvalue weighted by Crippen LogP contribution is -1.97. The highest BCUT2D eigenvalue weighted by Crippen LogP contribution is 2.31. The van der Waals surface area contributed by atoms with Crippen LogP contribution >= 0.6 is 27.5 Å². The SMILES string of the molecule is O=C(O)c1cc(Cl)cc(O)c1Br. The third-order valence-corrected chi connectivity index (χ3v) is 2.30. The summed E-state index contributed by atoms with van der Waals surface area (Å²) in [4.78, 5) is 10.5. The van der Waals surface area contributed by atoms with Crippen LogP contribution in [0.4, 0.5) is 0 Å². The molecule has 0 radical (unpaired) electrons. The summed E-state index contributed by atoms with van der Waals surface area (Å²) >= 11 is 8.45. The average Bonchev–Trinajstić information content (AvgIpc) is 1.96. The second-order valence-electron chi connectivity index (χ2n) is 2.09. The van der Waals surface area contributed by atoms with Crippen LogP contribution in [0.3, 0.4) is 0 Å². The molecular formula is C7H4BrClO3. The molecule has 12 heavy (non-hydrogen) atoms. The average molecular weight is 251 g/mol. The Kier molecular flexibility index (Phi) is 2.59. The maximum Gasteiger partial charge on any atom is 0.337 e. The van der Waals surface area contributed by atoms with Crippen LogP contribution in [0.15, 0.2) is 16.6 Å². The predicted molar refractivity (Wildman–Crippen MR) is 47.8 cm³/mol. The summed E-state index contributed by atoms with van der Waals surface area (Å²) in [5.74, 6) is -1.32. The Morgan fingerprint density at radius 2 is 2.08 bits per heavy atom. The summed E-state index contributed by atoms with van der Waals surface area (Å²) in [6, 6.07) is 2.52. The van der Waals surface area contributed by atoms with Crippen LogP contribution in [0, 0.1) is 0 Å². The first-order chi connectivity index (χ1) is 5.52. The van der Waals surface area contributed by atoms with Crippen molar-refractivity contribution in [2.24, 2.45) is 0 Å². The van der Waals surface area contributed by atoms with Gasteiger partial charge in [-0.3, -0.25) is 0 Å². The van der Waals surface area contributed by atoms with Gasteiger partial charge in [0.2, 0.25) is 0 Å². The molecule has 0 aliphatic carbocycles. The van der Waals surface area contributed by atoms with Gasteiger partial charge in [0.15, 0.2) is 0 Å². The minimum Gasteiger partial charge on any atom is -0.507 e. The van der Waals surface area contributed by atoms with Crippen LogP contribution in [-0.4, -0.2) is 16.2 Å². The van der Waals surface area contributed by atoms with Crippen molar-refractivity contribution < 1.29 is 15.0 Å². The number of carboxylic acid groups (broad SMARTS) is 1. The molecule has 5 heteroatoms. The highest BCUT2D eigenvalue weighted by Gasteiger charge is 2.12. The standard InChI is InChI=1S/C7H4BrClO3/c8-6-4(7(11)12)1-3(9)2-5(6)10/h1-2,10H,(H,11,12). The number of phenolic OH excluding ortho intramolecular Hbond substituents is 1. The fourth-order valence-electron chi connectivity index (χ4n) is 0.730. The molecule has 0 aromatic heterocycles. The smallest absolute Gasteiger partial charge is 0.337 e. The van der Waals surface area contributed by atoms with Crippen molar-refractivity contribution in [2.45, 2.75) is 0 Å². The van der Waals surface area contributed by atoms with E-state index < -0.39 is 5.97 Å². The van der Waals surface area contributed by atoms with E-state index in [0.29, 0.717) is 0 Å². The normalized spacial score (nSPS) is 9.83. The third-order valence-electron chi connectivity index (χ3n) is 1.25. The lowest BCUT2D eigenvalue weighted by molar-refractivity contribution is 0.0695. The minimum absolute atomic E-state index is 0.0556. The number of hydrogen-bond acceptors (Lipinski definition) is 2. The summed E-state index contributed by atoms with van der Waals surface area (Å²) in [5.41, 5.74) is -0.0556. The number of hydrogen-bond donors (Lipinski definition) is 2. The molecule has 0 aliphatic rings. The van der Waals surface area contributed by atoms with E-state index >= 15 is 0 Å². The van der Waals surface area contributed by atoms with E-state index in [0.717, 1.165) is 0 Å². The number of phenols is 1. The fourth-order valence-corrected chi connectivity index (χ4v) is 1.34. The van der Waals surface area contributed by atoms with Crippen molar-refractivity contribution in [3.05, 3.63) is 27.2 Å². The summed E-state index contributed by atoms with van der Waals surface area (Å²) in [7, 11) is 0. The molecule has 0 unspecified atom stereocenters. The van der Waals surface area contributed by atoms with Gasteiger partial charge in [0.05, 0.1) is 10.0 Å². The lowest BCUT2D eigenvalue weighted by Gasteiger charge is -2.01. The van der Waals surface area contributed by atoms with E-state index in [1.54, 1.807) is 0 Å². The van der Waals surface area contributed by atoms with E-state index in [1.165, 1.54) is 12.1 Å². The zero-order valence-corrected chi connectivity index (χ0v) is 8.06. The molecule has 0 saturated heterocycles. The molecule has 2 N–H and O–H groups in total. The Hall–Kier alpha value is -0.740. The Balaban J connectivity index is 3.37. The van der Waals surface area contributed by atoms with Crippen LogP contribution in [0.2, 0.25) is 5.02 Å². The maximum absolute atomic E-state index is 10.5. The van der Waals surface area contributed by atoms with Gasteiger partial charge in [-0.2, -0.15) is 0 Å². The van der Waals surface area contributed by atoms with E-state index in [4.69, 9.17) is 21.8 Å². The molecule has 0 saturated carbocycles. The van der Waals surface area contributed by atoms with E-state index in [-0.39, 0.29) is 20.8 Å². The van der Waals surface area contributed by atoms with Crippen molar-refractivity contribution in [3.8, 4) is 5.75 Å². The van der Waals surface area contributed by atoms with Gasteiger partial charge in [0.1, 0.15) is 5.75 Å². The second-order valence-corrected chi connectivity index (χ2v) is 3.32. The number of halogens is 2. The molecule has 1 aromatic carbocycles. The van der Waals surface area contributed by atoms with Crippen molar-refractivity contribution in [3.63, 3.8) is 0 Å². The van der Waals surface area contributed by atoms with Crippen molar-refractivity contribution >= 4 is 33.5 Å². The largest absolute Gasteiger partial charge is 0.507 e. The van der Waals surface area contributed by atoms with Gasteiger partial charge in [-0.1, -0.05) is 11.6 Å². The second kappa shape index (κ2) is 3.33. The van der Waals surface area contributed by atoms with Crippen molar-refractivity contribution in [2.75, 3.05) is 0 Å². The molecular weight excluding hydrogens is 247 g/mol. The van der Waals surface area contributed by atoms with Gasteiger partial charge < -0.3 is 10.2 Å². The van der Waals surface area contributed by atoms with Gasteiger partial charge in [0, 0.05) is 5.02 Å². The molecule has 0 bridgehead atoms. The molecule has 0 heterocycles. The van der Waals surface area contributed by atoms with Gasteiger partial charge in [-0.15, -0.1) is 0 Å². The fraction of sp³-hybridized carbons (Fsp3) is 0. The molecule has 3 nitrogen and oxygen atoms in total. The van der Waals surface area contributed by atoms with Gasteiger partial charge in [-0.05, 0) is 28.1 Å². The Bertz CT molecular complexity index is 338. The summed E-state index contributed by atoms with van der Waals surface area (Å²) in [6.07, 6.45) is 0. The van der Waals surface area contributed by atoms with Gasteiger partial charge in [-0.25, -0.2) is 4.79 Å². The zero-order chi connectivity index (χ0) is 9.30. The predicted octanol–water partition coefficient (Wildman–Crippen LogP) is 2.51. The molecule has 0 aliphatic heterocycles. The number of aromatic carboxylic acids is 1. The molecule has 1 rings (SSSR count). The van der Waals surface area contributed by atoms with Crippen LogP contribution in [-0.2, 0) is 0 Å². The van der Waals surface area contributed by atoms with Crippen molar-refractivity contribution in [1.82, 2.24) is 0 Å². The third kappa shape index (κ3) is 1.70. The molecule has 1 aromatic rings. The Morgan fingerprint density at radius 1 is 1.50 bits per heavy atom. The quantitative estimate of drug-likeness (QED) is 0.806. The first kappa shape index (κ1) is 9.35. The zero-order valence-electron chi connectivity index (χ0n) is 5.71. The highest BCUT2D eigenvalue weighted by atomic mass is 79.9. The topological polar surface area (TPSA) is 57.5 Å². The van der Waals surface area contributed by atoms with Crippen LogP contribution in [0.25, 0.3) is 0 Å². The van der Waals surface area contributed by atoms with Crippen molar-refractivity contribution in [1.29, 1.82) is 0 Å². The van der Waals surface area contributed by atoms with Crippen LogP contribution < -0.4 is 0 Å². The molecule has 0 fully saturated rings. The van der Waals surface area contributed by atoms with Gasteiger partial charge >= 0.3 is 5.97 Å². The first-order valence-electron chi connectivity index (χ1n) is 2.93. The number of benzene rings is 1. The van der Waals surface area contributed by atoms with E-state index in [9.17, 15) is 4.79 Å². The maximum atomic E-state index is 10.5. The van der Waals surface area contributed by atoms with Crippen LogP contribution in [0.5, 0.6) is 5.75 Å². The summed E-state index contributed by atoms with van der Waals surface area (Å²) in [6.45, 7) is 0.